The van der Waals surface area contributed by atoms with Crippen LogP contribution in [0.4, 0.5) is 0 Å². The first kappa shape index (κ1) is 9.48. The fraction of sp³-hybridized carbons (Fsp3) is 0.222. The van der Waals surface area contributed by atoms with Crippen molar-refractivity contribution in [1.29, 1.82) is 0 Å². The van der Waals surface area contributed by atoms with E-state index >= 15 is 0 Å². The predicted molar refractivity (Wildman–Crippen MR) is 55.4 cm³/mol. The number of fused-ring (bicyclic) bond motifs is 1. The molecule has 0 radical (unpaired) electrons. The summed E-state index contributed by atoms with van der Waals surface area (Å²) in [5.74, 6) is 0.749. The summed E-state index contributed by atoms with van der Waals surface area (Å²) in [5, 5.41) is 4.11. The van der Waals surface area contributed by atoms with Gasteiger partial charge in [0, 0.05) is 17.8 Å². The minimum absolute atomic E-state index is 0.233. The van der Waals surface area contributed by atoms with E-state index < -0.39 is 0 Å². The summed E-state index contributed by atoms with van der Waals surface area (Å²) in [4.78, 5) is 0. The molecule has 0 unspecified atom stereocenters. The summed E-state index contributed by atoms with van der Waals surface area (Å²) in [7, 11) is 1.59. The molecule has 2 aromatic heterocycles. The Morgan fingerprint density at radius 2 is 2.43 bits per heavy atom. The number of hydrogen-bond donors (Lipinski definition) is 0. The molecule has 0 saturated heterocycles. The molecule has 0 aliphatic rings. The summed E-state index contributed by atoms with van der Waals surface area (Å²) in [6.07, 6.45) is 3.59. The summed E-state index contributed by atoms with van der Waals surface area (Å²) >= 11 is 3.38. The first-order chi connectivity index (χ1) is 6.81. The lowest BCUT2D eigenvalue weighted by atomic mass is 10.4. The van der Waals surface area contributed by atoms with Gasteiger partial charge in [-0.2, -0.15) is 5.10 Å². The molecule has 0 amide bonds. The van der Waals surface area contributed by atoms with E-state index in [1.807, 2.05) is 18.3 Å². The molecule has 2 rings (SSSR count). The third-order valence-corrected chi connectivity index (χ3v) is 2.20. The van der Waals surface area contributed by atoms with Crippen molar-refractivity contribution in [3.05, 3.63) is 29.0 Å². The third kappa shape index (κ3) is 1.73. The standard InChI is InChI=1S/C9H9BrN2O2/c1-13-6-14-9-4-7(10)5-12-8(9)2-3-11-12/h2-5H,6H2,1H3. The molecular formula is C9H9BrN2O2. The van der Waals surface area contributed by atoms with Gasteiger partial charge in [0.2, 0.25) is 0 Å². The van der Waals surface area contributed by atoms with Crippen LogP contribution in [-0.2, 0) is 4.74 Å². The highest BCUT2D eigenvalue weighted by atomic mass is 79.9. The molecule has 0 aliphatic heterocycles. The molecule has 5 heteroatoms. The van der Waals surface area contributed by atoms with Gasteiger partial charge in [0.25, 0.3) is 0 Å². The maximum absolute atomic E-state index is 5.39. The van der Waals surface area contributed by atoms with Gasteiger partial charge in [-0.3, -0.25) is 0 Å². The number of pyridine rings is 1. The van der Waals surface area contributed by atoms with Crippen LogP contribution in [0, 0.1) is 0 Å². The molecule has 0 atom stereocenters. The van der Waals surface area contributed by atoms with Crippen molar-refractivity contribution in [3.63, 3.8) is 0 Å². The maximum atomic E-state index is 5.39. The van der Waals surface area contributed by atoms with Gasteiger partial charge in [-0.15, -0.1) is 0 Å². The summed E-state index contributed by atoms with van der Waals surface area (Å²) in [6, 6.07) is 3.77. The van der Waals surface area contributed by atoms with E-state index in [-0.39, 0.29) is 6.79 Å². The number of ether oxygens (including phenoxy) is 2. The largest absolute Gasteiger partial charge is 0.465 e. The average Bonchev–Trinajstić information content (AvgIpc) is 2.61. The Kier molecular flexibility index (Phi) is 2.69. The van der Waals surface area contributed by atoms with Crippen molar-refractivity contribution in [2.24, 2.45) is 0 Å². The van der Waals surface area contributed by atoms with Crippen molar-refractivity contribution in [1.82, 2.24) is 9.61 Å². The van der Waals surface area contributed by atoms with E-state index in [4.69, 9.17) is 9.47 Å². The van der Waals surface area contributed by atoms with Crippen LogP contribution in [0.5, 0.6) is 5.75 Å². The highest BCUT2D eigenvalue weighted by molar-refractivity contribution is 9.10. The van der Waals surface area contributed by atoms with Gasteiger partial charge >= 0.3 is 0 Å². The van der Waals surface area contributed by atoms with Crippen LogP contribution in [0.15, 0.2) is 29.0 Å². The second-order valence-electron chi connectivity index (χ2n) is 2.73. The molecule has 0 saturated carbocycles. The lowest BCUT2D eigenvalue weighted by Gasteiger charge is -2.06. The van der Waals surface area contributed by atoms with Crippen molar-refractivity contribution >= 4 is 21.4 Å². The van der Waals surface area contributed by atoms with Crippen LogP contribution in [0.25, 0.3) is 5.52 Å². The molecule has 2 aromatic rings. The van der Waals surface area contributed by atoms with Gasteiger partial charge in [0.1, 0.15) is 11.3 Å². The van der Waals surface area contributed by atoms with Gasteiger partial charge in [0.05, 0.1) is 6.20 Å². The topological polar surface area (TPSA) is 35.8 Å². The molecule has 0 N–H and O–H groups in total. The van der Waals surface area contributed by atoms with Crippen LogP contribution < -0.4 is 4.74 Å². The lowest BCUT2D eigenvalue weighted by Crippen LogP contribution is -2.00. The van der Waals surface area contributed by atoms with Crippen LogP contribution >= 0.6 is 15.9 Å². The van der Waals surface area contributed by atoms with Gasteiger partial charge in [-0.25, -0.2) is 4.52 Å². The van der Waals surface area contributed by atoms with Crippen molar-refractivity contribution in [2.45, 2.75) is 0 Å². The van der Waals surface area contributed by atoms with Crippen LogP contribution in [0.2, 0.25) is 0 Å². The third-order valence-electron chi connectivity index (χ3n) is 1.77. The Morgan fingerprint density at radius 3 is 3.21 bits per heavy atom. The smallest absolute Gasteiger partial charge is 0.188 e. The molecule has 0 aliphatic carbocycles. The number of aromatic nitrogens is 2. The summed E-state index contributed by atoms with van der Waals surface area (Å²) in [6.45, 7) is 0.233. The zero-order chi connectivity index (χ0) is 9.97. The molecule has 14 heavy (non-hydrogen) atoms. The lowest BCUT2D eigenvalue weighted by molar-refractivity contribution is 0.0519. The van der Waals surface area contributed by atoms with E-state index in [1.165, 1.54) is 0 Å². The molecule has 0 spiro atoms. The number of hydrogen-bond acceptors (Lipinski definition) is 3. The van der Waals surface area contributed by atoms with Crippen LogP contribution in [-0.4, -0.2) is 23.5 Å². The van der Waals surface area contributed by atoms with E-state index in [1.54, 1.807) is 17.8 Å². The van der Waals surface area contributed by atoms with E-state index in [9.17, 15) is 0 Å². The second-order valence-corrected chi connectivity index (χ2v) is 3.65. The Hall–Kier alpha value is -1.07. The highest BCUT2D eigenvalue weighted by Gasteiger charge is 2.04. The SMILES string of the molecule is COCOc1cc(Br)cn2nccc12. The Labute approximate surface area is 89.6 Å². The van der Waals surface area contributed by atoms with Crippen LogP contribution in [0.1, 0.15) is 0 Å². The van der Waals surface area contributed by atoms with E-state index in [2.05, 4.69) is 21.0 Å². The molecule has 0 bridgehead atoms. The summed E-state index contributed by atoms with van der Waals surface area (Å²) < 4.78 is 12.9. The summed E-state index contributed by atoms with van der Waals surface area (Å²) in [5.41, 5.74) is 0.922. The second kappa shape index (κ2) is 3.98. The molecule has 0 fully saturated rings. The number of methoxy groups -OCH3 is 1. The quantitative estimate of drug-likeness (QED) is 0.790. The van der Waals surface area contributed by atoms with Gasteiger partial charge < -0.3 is 9.47 Å². The average molecular weight is 257 g/mol. The van der Waals surface area contributed by atoms with E-state index in [0.29, 0.717) is 0 Å². The minimum atomic E-state index is 0.233. The monoisotopic (exact) mass is 256 g/mol. The van der Waals surface area contributed by atoms with Crippen molar-refractivity contribution in [3.8, 4) is 5.75 Å². The molecule has 4 nitrogen and oxygen atoms in total. The Bertz CT molecular complexity index is 441. The number of rotatable bonds is 3. The molecule has 2 heterocycles. The molecule has 74 valence electrons. The Morgan fingerprint density at radius 1 is 1.57 bits per heavy atom. The van der Waals surface area contributed by atoms with Gasteiger partial charge in [-0.1, -0.05) is 0 Å². The fourth-order valence-electron chi connectivity index (χ4n) is 1.20. The highest BCUT2D eigenvalue weighted by Crippen LogP contribution is 2.24. The molecular weight excluding hydrogens is 248 g/mol. The van der Waals surface area contributed by atoms with Crippen molar-refractivity contribution in [2.75, 3.05) is 13.9 Å². The number of nitrogens with zero attached hydrogens (tertiary/aromatic N) is 2. The first-order valence-electron chi connectivity index (χ1n) is 4.06. The van der Waals surface area contributed by atoms with Crippen molar-refractivity contribution < 1.29 is 9.47 Å². The normalized spacial score (nSPS) is 10.7. The zero-order valence-electron chi connectivity index (χ0n) is 7.61. The Balaban J connectivity index is 2.44. The van der Waals surface area contributed by atoms with Crippen LogP contribution in [0.3, 0.4) is 0 Å². The minimum Gasteiger partial charge on any atom is -0.465 e. The van der Waals surface area contributed by atoms with Gasteiger partial charge in [-0.05, 0) is 28.1 Å². The predicted octanol–water partition coefficient (Wildman–Crippen LogP) is 2.08. The maximum Gasteiger partial charge on any atom is 0.188 e. The first-order valence-corrected chi connectivity index (χ1v) is 4.85. The molecule has 0 aromatic carbocycles. The fourth-order valence-corrected chi connectivity index (χ4v) is 1.61. The van der Waals surface area contributed by atoms with E-state index in [0.717, 1.165) is 15.7 Å². The van der Waals surface area contributed by atoms with Gasteiger partial charge in [0.15, 0.2) is 6.79 Å². The number of halogens is 1. The zero-order valence-corrected chi connectivity index (χ0v) is 9.19.